The van der Waals surface area contributed by atoms with E-state index < -0.39 is 10.0 Å². The molecule has 1 heterocycles. The van der Waals surface area contributed by atoms with Crippen LogP contribution >= 0.6 is 0 Å². The second-order valence-electron chi connectivity index (χ2n) is 8.23. The number of amides is 1. The number of rotatable bonds is 6. The Labute approximate surface area is 162 Å². The van der Waals surface area contributed by atoms with Crippen molar-refractivity contribution < 1.29 is 17.9 Å². The largest absolute Gasteiger partial charge is 0.495 e. The Hall–Kier alpha value is -1.60. The highest BCUT2D eigenvalue weighted by Crippen LogP contribution is 2.34. The summed E-state index contributed by atoms with van der Waals surface area (Å²) < 4.78 is 33.4. The van der Waals surface area contributed by atoms with Gasteiger partial charge in [-0.15, -0.1) is 0 Å². The van der Waals surface area contributed by atoms with E-state index in [1.165, 1.54) is 17.5 Å². The van der Waals surface area contributed by atoms with Crippen LogP contribution in [0.1, 0.15) is 50.4 Å². The van der Waals surface area contributed by atoms with Crippen molar-refractivity contribution in [3.05, 3.63) is 23.8 Å². The van der Waals surface area contributed by atoms with Crippen LogP contribution in [-0.4, -0.2) is 44.9 Å². The Bertz CT molecular complexity index is 794. The van der Waals surface area contributed by atoms with Crippen LogP contribution in [0.2, 0.25) is 0 Å². The zero-order chi connectivity index (χ0) is 19.8. The van der Waals surface area contributed by atoms with Crippen LogP contribution < -0.4 is 10.1 Å². The quantitative estimate of drug-likeness (QED) is 0.805. The third kappa shape index (κ3) is 4.46. The van der Waals surface area contributed by atoms with E-state index in [0.717, 1.165) is 19.3 Å². The molecule has 0 aromatic heterocycles. The molecule has 0 radical (unpaired) electrons. The van der Waals surface area contributed by atoms with E-state index in [4.69, 9.17) is 4.74 Å². The van der Waals surface area contributed by atoms with Gasteiger partial charge in [0, 0.05) is 24.7 Å². The monoisotopic (exact) mass is 394 g/mol. The summed E-state index contributed by atoms with van der Waals surface area (Å²) in [6.07, 6.45) is 3.29. The summed E-state index contributed by atoms with van der Waals surface area (Å²) in [5.74, 6) is 1.18. The van der Waals surface area contributed by atoms with Gasteiger partial charge in [0.1, 0.15) is 10.6 Å². The zero-order valence-electron chi connectivity index (χ0n) is 16.6. The van der Waals surface area contributed by atoms with Gasteiger partial charge >= 0.3 is 0 Å². The van der Waals surface area contributed by atoms with Crippen molar-refractivity contribution in [3.63, 3.8) is 0 Å². The van der Waals surface area contributed by atoms with E-state index in [1.54, 1.807) is 12.1 Å². The van der Waals surface area contributed by atoms with Crippen molar-refractivity contribution in [2.45, 2.75) is 51.0 Å². The highest BCUT2D eigenvalue weighted by molar-refractivity contribution is 7.89. The number of benzene rings is 1. The van der Waals surface area contributed by atoms with Crippen LogP contribution in [-0.2, 0) is 10.0 Å². The van der Waals surface area contributed by atoms with Gasteiger partial charge in [0.05, 0.1) is 7.11 Å². The minimum absolute atomic E-state index is 0.0676. The molecule has 2 fully saturated rings. The van der Waals surface area contributed by atoms with Crippen LogP contribution in [0.5, 0.6) is 5.75 Å². The first-order valence-corrected chi connectivity index (χ1v) is 11.2. The van der Waals surface area contributed by atoms with Crippen LogP contribution in [0.3, 0.4) is 0 Å². The van der Waals surface area contributed by atoms with Gasteiger partial charge in [0.25, 0.3) is 5.91 Å². The second kappa shape index (κ2) is 7.80. The van der Waals surface area contributed by atoms with E-state index in [9.17, 15) is 13.2 Å². The van der Waals surface area contributed by atoms with Gasteiger partial charge in [0.15, 0.2) is 0 Å². The molecule has 150 valence electrons. The summed E-state index contributed by atoms with van der Waals surface area (Å²) in [5.41, 5.74) is 0.347. The van der Waals surface area contributed by atoms with E-state index in [2.05, 4.69) is 19.2 Å². The Morgan fingerprint density at radius 1 is 1.22 bits per heavy atom. The summed E-state index contributed by atoms with van der Waals surface area (Å²) in [6.45, 7) is 7.11. The number of nitrogens with zero attached hydrogens (tertiary/aromatic N) is 1. The highest BCUT2D eigenvalue weighted by Gasteiger charge is 2.34. The normalized spacial score (nSPS) is 25.0. The number of carbonyl (C=O) groups excluding carboxylic acids is 1. The summed E-state index contributed by atoms with van der Waals surface area (Å²) in [5, 5.41) is 2.98. The summed E-state index contributed by atoms with van der Waals surface area (Å²) in [7, 11) is -2.28. The van der Waals surface area contributed by atoms with Crippen LogP contribution in [0.25, 0.3) is 0 Å². The van der Waals surface area contributed by atoms with Gasteiger partial charge in [-0.2, -0.15) is 4.31 Å². The summed E-state index contributed by atoms with van der Waals surface area (Å²) in [4.78, 5) is 12.7. The lowest BCUT2D eigenvalue weighted by molar-refractivity contribution is 0.0935. The first-order valence-electron chi connectivity index (χ1n) is 9.71. The van der Waals surface area contributed by atoms with Gasteiger partial charge in [-0.3, -0.25) is 4.79 Å². The van der Waals surface area contributed by atoms with Gasteiger partial charge in [0.2, 0.25) is 10.0 Å². The molecular formula is C20H30N2O4S. The molecule has 27 heavy (non-hydrogen) atoms. The van der Waals surface area contributed by atoms with Gasteiger partial charge in [-0.05, 0) is 62.1 Å². The minimum atomic E-state index is -3.73. The predicted molar refractivity (Wildman–Crippen MR) is 104 cm³/mol. The lowest BCUT2D eigenvalue weighted by Crippen LogP contribution is -2.42. The molecule has 1 saturated carbocycles. The summed E-state index contributed by atoms with van der Waals surface area (Å²) in [6, 6.07) is 4.74. The van der Waals surface area contributed by atoms with Crippen molar-refractivity contribution in [2.75, 3.05) is 20.2 Å². The zero-order valence-corrected chi connectivity index (χ0v) is 17.4. The third-order valence-corrected chi connectivity index (χ3v) is 7.42. The van der Waals surface area contributed by atoms with E-state index in [1.807, 2.05) is 6.92 Å². The van der Waals surface area contributed by atoms with Crippen molar-refractivity contribution in [1.29, 1.82) is 0 Å². The second-order valence-corrected chi connectivity index (χ2v) is 10.1. The lowest BCUT2D eigenvalue weighted by atomic mass is 9.94. The topological polar surface area (TPSA) is 75.7 Å². The SMILES string of the molecule is COc1ccc(C(=O)N[C@H](C)C2CC2)cc1S(=O)(=O)N1C[C@@H](C)C[C@H](C)C1. The molecule has 3 atom stereocenters. The first kappa shape index (κ1) is 20.1. The number of sulfonamides is 1. The number of nitrogens with one attached hydrogen (secondary N) is 1. The van der Waals surface area contributed by atoms with Crippen molar-refractivity contribution >= 4 is 15.9 Å². The number of hydrogen-bond acceptors (Lipinski definition) is 4. The Morgan fingerprint density at radius 2 is 1.85 bits per heavy atom. The average molecular weight is 395 g/mol. The Balaban J connectivity index is 1.89. The molecule has 0 unspecified atom stereocenters. The number of piperidine rings is 1. The number of hydrogen-bond donors (Lipinski definition) is 1. The van der Waals surface area contributed by atoms with Crippen LogP contribution in [0.4, 0.5) is 0 Å². The molecule has 3 rings (SSSR count). The molecule has 7 heteroatoms. The van der Waals surface area contributed by atoms with Crippen molar-refractivity contribution in [3.8, 4) is 5.75 Å². The average Bonchev–Trinajstić information content (AvgIpc) is 3.45. The number of carbonyl (C=O) groups is 1. The highest BCUT2D eigenvalue weighted by atomic mass is 32.2. The first-order chi connectivity index (χ1) is 12.7. The van der Waals surface area contributed by atoms with Crippen LogP contribution in [0, 0.1) is 17.8 Å². The van der Waals surface area contributed by atoms with Crippen molar-refractivity contribution in [1.82, 2.24) is 9.62 Å². The third-order valence-electron chi connectivity index (χ3n) is 5.57. The lowest BCUT2D eigenvalue weighted by Gasteiger charge is -2.34. The molecule has 6 nitrogen and oxygen atoms in total. The molecule has 2 aliphatic rings. The standard InChI is InChI=1S/C20H30N2O4S/c1-13-9-14(2)12-22(11-13)27(24,25)19-10-17(7-8-18(19)26-4)20(23)21-15(3)16-5-6-16/h7-8,10,13-16H,5-6,9,11-12H2,1-4H3,(H,21,23)/t13-,14-,15+/m0/s1. The molecule has 1 aliphatic carbocycles. The van der Waals surface area contributed by atoms with E-state index >= 15 is 0 Å². The fourth-order valence-corrected chi connectivity index (χ4v) is 5.83. The maximum atomic E-state index is 13.3. The Kier molecular flexibility index (Phi) is 5.82. The molecule has 1 aromatic carbocycles. The molecule has 1 saturated heterocycles. The van der Waals surface area contributed by atoms with E-state index in [0.29, 0.717) is 36.4 Å². The Morgan fingerprint density at radius 3 is 2.41 bits per heavy atom. The fourth-order valence-electron chi connectivity index (χ4n) is 3.96. The maximum Gasteiger partial charge on any atom is 0.251 e. The van der Waals surface area contributed by atoms with Gasteiger partial charge in [-0.1, -0.05) is 13.8 Å². The van der Waals surface area contributed by atoms with Crippen molar-refractivity contribution in [2.24, 2.45) is 17.8 Å². The maximum absolute atomic E-state index is 13.3. The molecule has 1 amide bonds. The number of ether oxygens (including phenoxy) is 1. The summed E-state index contributed by atoms with van der Waals surface area (Å²) >= 11 is 0. The fraction of sp³-hybridized carbons (Fsp3) is 0.650. The smallest absolute Gasteiger partial charge is 0.251 e. The molecule has 0 spiro atoms. The molecular weight excluding hydrogens is 364 g/mol. The molecule has 1 aromatic rings. The molecule has 1 N–H and O–H groups in total. The van der Waals surface area contributed by atoms with E-state index in [-0.39, 0.29) is 22.6 Å². The predicted octanol–water partition coefficient (Wildman–Crippen LogP) is 2.89. The van der Waals surface area contributed by atoms with Gasteiger partial charge in [-0.25, -0.2) is 8.42 Å². The molecule has 0 bridgehead atoms. The van der Waals surface area contributed by atoms with Gasteiger partial charge < -0.3 is 10.1 Å². The van der Waals surface area contributed by atoms with Crippen LogP contribution in [0.15, 0.2) is 23.1 Å². The number of methoxy groups -OCH3 is 1. The molecule has 1 aliphatic heterocycles. The minimum Gasteiger partial charge on any atom is -0.495 e.